The highest BCUT2D eigenvalue weighted by Gasteiger charge is 2.08. The Kier molecular flexibility index (Phi) is 5.14. The van der Waals surface area contributed by atoms with Crippen LogP contribution in [0.25, 0.3) is 0 Å². The first kappa shape index (κ1) is 16.3. The van der Waals surface area contributed by atoms with E-state index in [4.69, 9.17) is 14.7 Å². The van der Waals surface area contributed by atoms with Crippen molar-refractivity contribution < 1.29 is 24.3 Å². The maximum Gasteiger partial charge on any atom is 0.338 e. The molecule has 7 nitrogen and oxygen atoms in total. The number of hydrogen-bond acceptors (Lipinski definition) is 5. The summed E-state index contributed by atoms with van der Waals surface area (Å²) in [6.45, 7) is 2.07. The molecule has 0 aliphatic rings. The second kappa shape index (κ2) is 7.26. The van der Waals surface area contributed by atoms with Crippen molar-refractivity contribution in [1.29, 1.82) is 0 Å². The SMILES string of the molecule is CCOC(=O)c1ccc(COn2cc(C(=O)O)ccc2=O)cc1. The van der Waals surface area contributed by atoms with Crippen LogP contribution in [0.5, 0.6) is 0 Å². The lowest BCUT2D eigenvalue weighted by molar-refractivity contribution is 0.0525. The number of carboxylic acids is 1. The summed E-state index contributed by atoms with van der Waals surface area (Å²) in [5, 5.41) is 8.90. The van der Waals surface area contributed by atoms with Gasteiger partial charge in [0.15, 0.2) is 0 Å². The maximum atomic E-state index is 11.6. The molecule has 2 rings (SSSR count). The number of pyridine rings is 1. The molecule has 0 aliphatic heterocycles. The number of carbonyl (C=O) groups is 2. The zero-order valence-electron chi connectivity index (χ0n) is 12.4. The number of aromatic carboxylic acids is 1. The fraction of sp³-hybridized carbons (Fsp3) is 0.188. The Balaban J connectivity index is 2.06. The van der Waals surface area contributed by atoms with Crippen LogP contribution >= 0.6 is 0 Å². The van der Waals surface area contributed by atoms with Crippen LogP contribution in [-0.2, 0) is 11.3 Å². The Hall–Kier alpha value is -3.09. The third kappa shape index (κ3) is 4.19. The van der Waals surface area contributed by atoms with Gasteiger partial charge in [-0.3, -0.25) is 4.79 Å². The van der Waals surface area contributed by atoms with Gasteiger partial charge >= 0.3 is 11.9 Å². The molecule has 0 aliphatic carbocycles. The fourth-order valence-corrected chi connectivity index (χ4v) is 1.79. The zero-order valence-corrected chi connectivity index (χ0v) is 12.4. The number of esters is 1. The summed E-state index contributed by atoms with van der Waals surface area (Å²) in [6, 6.07) is 8.84. The summed E-state index contributed by atoms with van der Waals surface area (Å²) >= 11 is 0. The van der Waals surface area contributed by atoms with Gasteiger partial charge in [0, 0.05) is 6.07 Å². The largest absolute Gasteiger partial charge is 0.478 e. The number of carbonyl (C=O) groups excluding carboxylic acids is 1. The zero-order chi connectivity index (χ0) is 16.8. The van der Waals surface area contributed by atoms with E-state index in [0.717, 1.165) is 17.0 Å². The Morgan fingerprint density at radius 1 is 1.09 bits per heavy atom. The Labute approximate surface area is 131 Å². The van der Waals surface area contributed by atoms with Crippen molar-refractivity contribution in [3.05, 3.63) is 69.6 Å². The summed E-state index contributed by atoms with van der Waals surface area (Å²) in [5.41, 5.74) is 0.603. The monoisotopic (exact) mass is 317 g/mol. The van der Waals surface area contributed by atoms with Gasteiger partial charge in [-0.05, 0) is 30.7 Å². The first-order valence-corrected chi connectivity index (χ1v) is 6.86. The van der Waals surface area contributed by atoms with E-state index in [2.05, 4.69) is 0 Å². The van der Waals surface area contributed by atoms with E-state index in [9.17, 15) is 14.4 Å². The number of aromatic nitrogens is 1. The van der Waals surface area contributed by atoms with Crippen molar-refractivity contribution in [2.45, 2.75) is 13.5 Å². The normalized spacial score (nSPS) is 10.1. The van der Waals surface area contributed by atoms with E-state index in [1.807, 2.05) is 0 Å². The first-order chi connectivity index (χ1) is 11.0. The van der Waals surface area contributed by atoms with Gasteiger partial charge in [0.2, 0.25) is 0 Å². The Morgan fingerprint density at radius 2 is 1.74 bits per heavy atom. The number of hydrogen-bond donors (Lipinski definition) is 1. The minimum atomic E-state index is -1.15. The smallest absolute Gasteiger partial charge is 0.338 e. The van der Waals surface area contributed by atoms with Gasteiger partial charge in [-0.1, -0.05) is 12.1 Å². The van der Waals surface area contributed by atoms with Crippen molar-refractivity contribution in [3.8, 4) is 0 Å². The van der Waals surface area contributed by atoms with Crippen LogP contribution in [0.3, 0.4) is 0 Å². The molecule has 1 aromatic carbocycles. The van der Waals surface area contributed by atoms with E-state index < -0.39 is 17.5 Å². The van der Waals surface area contributed by atoms with Gasteiger partial charge in [-0.15, -0.1) is 0 Å². The molecule has 1 heterocycles. The van der Waals surface area contributed by atoms with Crippen LogP contribution < -0.4 is 10.4 Å². The van der Waals surface area contributed by atoms with E-state index in [-0.39, 0.29) is 12.2 Å². The highest BCUT2D eigenvalue weighted by molar-refractivity contribution is 5.89. The number of rotatable bonds is 6. The van der Waals surface area contributed by atoms with Gasteiger partial charge in [0.05, 0.1) is 23.9 Å². The molecule has 1 N–H and O–H groups in total. The van der Waals surface area contributed by atoms with Gasteiger partial charge < -0.3 is 14.7 Å². The molecule has 0 saturated carbocycles. The molecule has 0 saturated heterocycles. The predicted octanol–water partition coefficient (Wildman–Crippen LogP) is 1.35. The van der Waals surface area contributed by atoms with E-state index >= 15 is 0 Å². The molecule has 0 bridgehead atoms. The number of nitrogens with zero attached hydrogens (tertiary/aromatic N) is 1. The molecular formula is C16H15NO6. The van der Waals surface area contributed by atoms with Gasteiger partial charge in [-0.25, -0.2) is 9.59 Å². The summed E-state index contributed by atoms with van der Waals surface area (Å²) in [5.74, 6) is -1.56. The summed E-state index contributed by atoms with van der Waals surface area (Å²) < 4.78 is 5.74. The lowest BCUT2D eigenvalue weighted by atomic mass is 10.1. The van der Waals surface area contributed by atoms with Crippen LogP contribution in [0.1, 0.15) is 33.2 Å². The van der Waals surface area contributed by atoms with Crippen molar-refractivity contribution in [2.24, 2.45) is 0 Å². The predicted molar refractivity (Wildman–Crippen MR) is 80.3 cm³/mol. The van der Waals surface area contributed by atoms with Crippen LogP contribution in [0.4, 0.5) is 0 Å². The lowest BCUT2D eigenvalue weighted by Crippen LogP contribution is -2.26. The number of carboxylic acid groups (broad SMARTS) is 1. The molecule has 0 unspecified atom stereocenters. The fourth-order valence-electron chi connectivity index (χ4n) is 1.79. The Bertz CT molecular complexity index is 763. The van der Waals surface area contributed by atoms with Crippen molar-refractivity contribution in [3.63, 3.8) is 0 Å². The molecule has 23 heavy (non-hydrogen) atoms. The van der Waals surface area contributed by atoms with Crippen LogP contribution in [0.15, 0.2) is 47.4 Å². The van der Waals surface area contributed by atoms with Crippen molar-refractivity contribution in [2.75, 3.05) is 6.61 Å². The molecule has 2 aromatic rings. The molecule has 120 valence electrons. The van der Waals surface area contributed by atoms with Gasteiger partial charge in [-0.2, -0.15) is 4.73 Å². The molecule has 0 atom stereocenters. The number of benzene rings is 1. The van der Waals surface area contributed by atoms with Crippen LogP contribution in [-0.4, -0.2) is 28.4 Å². The number of ether oxygens (including phenoxy) is 1. The average Bonchev–Trinajstić information content (AvgIpc) is 2.54. The molecule has 7 heteroatoms. The summed E-state index contributed by atoms with van der Waals surface area (Å²) in [7, 11) is 0. The van der Waals surface area contributed by atoms with Crippen molar-refractivity contribution in [1.82, 2.24) is 4.73 Å². The van der Waals surface area contributed by atoms with Gasteiger partial charge in [0.25, 0.3) is 5.56 Å². The topological polar surface area (TPSA) is 94.8 Å². The van der Waals surface area contributed by atoms with E-state index in [0.29, 0.717) is 17.7 Å². The van der Waals surface area contributed by atoms with Crippen molar-refractivity contribution >= 4 is 11.9 Å². The molecule has 0 spiro atoms. The lowest BCUT2D eigenvalue weighted by Gasteiger charge is -2.09. The standard InChI is InChI=1S/C16H15NO6/c1-2-22-16(21)12-5-3-11(4-6-12)10-23-17-9-13(15(19)20)7-8-14(17)18/h3-9H,2,10H2,1H3,(H,19,20). The molecule has 0 amide bonds. The summed E-state index contributed by atoms with van der Waals surface area (Å²) in [6.07, 6.45) is 1.11. The minimum absolute atomic E-state index is 0.0477. The quantitative estimate of drug-likeness (QED) is 0.808. The highest BCUT2D eigenvalue weighted by Crippen LogP contribution is 2.06. The van der Waals surface area contributed by atoms with E-state index in [1.54, 1.807) is 31.2 Å². The summed E-state index contributed by atoms with van der Waals surface area (Å²) in [4.78, 5) is 39.3. The van der Waals surface area contributed by atoms with Crippen LogP contribution in [0, 0.1) is 0 Å². The highest BCUT2D eigenvalue weighted by atomic mass is 16.7. The Morgan fingerprint density at radius 3 is 2.35 bits per heavy atom. The average molecular weight is 317 g/mol. The third-order valence-electron chi connectivity index (χ3n) is 2.96. The minimum Gasteiger partial charge on any atom is -0.478 e. The maximum absolute atomic E-state index is 11.6. The third-order valence-corrected chi connectivity index (χ3v) is 2.96. The molecule has 0 radical (unpaired) electrons. The van der Waals surface area contributed by atoms with Gasteiger partial charge in [0.1, 0.15) is 6.61 Å². The molecular weight excluding hydrogens is 302 g/mol. The second-order valence-corrected chi connectivity index (χ2v) is 4.58. The molecule has 1 aromatic heterocycles. The molecule has 0 fully saturated rings. The van der Waals surface area contributed by atoms with E-state index in [1.165, 1.54) is 6.07 Å². The second-order valence-electron chi connectivity index (χ2n) is 4.58. The first-order valence-electron chi connectivity index (χ1n) is 6.86. The van der Waals surface area contributed by atoms with Crippen LogP contribution in [0.2, 0.25) is 0 Å².